The largest absolute Gasteiger partial charge is 0.381 e. The van der Waals surface area contributed by atoms with Crippen LogP contribution in [0.4, 0.5) is 5.69 Å². The van der Waals surface area contributed by atoms with E-state index in [1.165, 1.54) is 27.1 Å². The van der Waals surface area contributed by atoms with Crippen molar-refractivity contribution in [1.82, 2.24) is 0 Å². The van der Waals surface area contributed by atoms with Gasteiger partial charge in [0.2, 0.25) is 0 Å². The van der Waals surface area contributed by atoms with Crippen LogP contribution < -0.4 is 5.32 Å². The first-order valence-corrected chi connectivity index (χ1v) is 14.2. The number of carbonyl (C=O) groups excluding carboxylic acids is 1. The van der Waals surface area contributed by atoms with E-state index < -0.39 is 0 Å². The molecule has 0 saturated carbocycles. The molecule has 1 amide bonds. The Morgan fingerprint density at radius 3 is 2.41 bits per heavy atom. The van der Waals surface area contributed by atoms with Crippen LogP contribution in [0.25, 0.3) is 17.2 Å². The van der Waals surface area contributed by atoms with Gasteiger partial charge in [-0.2, -0.15) is 0 Å². The summed E-state index contributed by atoms with van der Waals surface area (Å²) < 4.78 is 6.51. The van der Waals surface area contributed by atoms with E-state index in [1.54, 1.807) is 0 Å². The number of hydrogen-bond acceptors (Lipinski definition) is 3. The van der Waals surface area contributed by atoms with Crippen LogP contribution in [0.3, 0.4) is 0 Å². The van der Waals surface area contributed by atoms with Gasteiger partial charge in [-0.1, -0.05) is 48.0 Å². The SMILES string of the molecule is Cc1ccc(-c2ccc3c(c2)C=C(C(=O)Nc2ccc(C[N+](C)(C)C4CCOCC4)cc2)CCS3)cc1. The van der Waals surface area contributed by atoms with E-state index in [0.717, 1.165) is 66.1 Å². The summed E-state index contributed by atoms with van der Waals surface area (Å²) >= 11 is 1.82. The molecule has 0 unspecified atom stereocenters. The molecule has 0 radical (unpaired) electrons. The smallest absolute Gasteiger partial charge is 0.251 e. The Kier molecular flexibility index (Phi) is 7.84. The number of quaternary nitrogens is 1. The lowest BCUT2D eigenvalue weighted by Gasteiger charge is -2.40. The molecular weight excluding hydrogens is 476 g/mol. The first kappa shape index (κ1) is 25.8. The molecule has 0 aromatic heterocycles. The first-order chi connectivity index (χ1) is 17.9. The van der Waals surface area contributed by atoms with Crippen molar-refractivity contribution in [3.05, 3.63) is 89.0 Å². The molecule has 2 aliphatic rings. The fourth-order valence-corrected chi connectivity index (χ4v) is 6.31. The number of carbonyl (C=O) groups is 1. The van der Waals surface area contributed by atoms with Crippen molar-refractivity contribution in [2.75, 3.05) is 38.4 Å². The molecule has 0 atom stereocenters. The van der Waals surface area contributed by atoms with Gasteiger partial charge >= 0.3 is 0 Å². The summed E-state index contributed by atoms with van der Waals surface area (Å²) in [5.74, 6) is 0.883. The molecule has 0 bridgehead atoms. The number of rotatable bonds is 6. The van der Waals surface area contributed by atoms with Crippen LogP contribution in [0.2, 0.25) is 0 Å². The molecule has 3 aromatic carbocycles. The molecule has 5 heteroatoms. The van der Waals surface area contributed by atoms with Gasteiger partial charge in [-0.05, 0) is 60.4 Å². The Balaban J connectivity index is 1.27. The quantitative estimate of drug-likeness (QED) is 0.363. The highest BCUT2D eigenvalue weighted by Gasteiger charge is 2.30. The molecule has 1 saturated heterocycles. The monoisotopic (exact) mass is 513 g/mol. The van der Waals surface area contributed by atoms with Crippen LogP contribution >= 0.6 is 11.8 Å². The van der Waals surface area contributed by atoms with E-state index in [2.05, 4.69) is 87.0 Å². The van der Waals surface area contributed by atoms with E-state index >= 15 is 0 Å². The lowest BCUT2D eigenvalue weighted by molar-refractivity contribution is -0.929. The van der Waals surface area contributed by atoms with Gasteiger partial charge < -0.3 is 14.5 Å². The van der Waals surface area contributed by atoms with E-state index in [-0.39, 0.29) is 5.91 Å². The number of hydrogen-bond donors (Lipinski definition) is 1. The van der Waals surface area contributed by atoms with Crippen molar-refractivity contribution in [1.29, 1.82) is 0 Å². The molecule has 2 heterocycles. The Labute approximate surface area is 225 Å². The Bertz CT molecular complexity index is 1270. The summed E-state index contributed by atoms with van der Waals surface area (Å²) in [5.41, 5.74) is 7.70. The highest BCUT2D eigenvalue weighted by Crippen LogP contribution is 2.34. The van der Waals surface area contributed by atoms with E-state index in [9.17, 15) is 4.79 Å². The molecule has 3 aromatic rings. The van der Waals surface area contributed by atoms with E-state index in [1.807, 2.05) is 23.9 Å². The van der Waals surface area contributed by atoms with Gasteiger partial charge in [0.15, 0.2) is 0 Å². The number of ether oxygens (including phenoxy) is 1. The topological polar surface area (TPSA) is 38.3 Å². The molecular formula is C32H37N2O2S+. The summed E-state index contributed by atoms with van der Waals surface area (Å²) in [6, 6.07) is 24.2. The van der Waals surface area contributed by atoms with Crippen LogP contribution in [-0.4, -0.2) is 49.5 Å². The van der Waals surface area contributed by atoms with Gasteiger partial charge in [-0.3, -0.25) is 4.79 Å². The van der Waals surface area contributed by atoms with Crippen LogP contribution in [0.15, 0.2) is 77.2 Å². The van der Waals surface area contributed by atoms with Crippen molar-refractivity contribution in [3.8, 4) is 11.1 Å². The molecule has 37 heavy (non-hydrogen) atoms. The molecule has 1 N–H and O–H groups in total. The maximum Gasteiger partial charge on any atom is 0.251 e. The standard InChI is InChI=1S/C32H36N2O2S/c1-23-4-8-25(9-5-23)26-10-13-31-28(20-26)21-27(16-19-37-31)32(35)33-29-11-6-24(7-12-29)22-34(2,3)30-14-17-36-18-15-30/h4-13,20-21,30H,14-19,22H2,1-3H3/p+1. The van der Waals surface area contributed by atoms with Crippen LogP contribution in [0.1, 0.15) is 36.0 Å². The molecule has 5 rings (SSSR count). The normalized spacial score (nSPS) is 16.5. The number of nitrogens with zero attached hydrogens (tertiary/aromatic N) is 1. The molecule has 1 fully saturated rings. The lowest BCUT2D eigenvalue weighted by Crippen LogP contribution is -2.50. The first-order valence-electron chi connectivity index (χ1n) is 13.2. The average molecular weight is 514 g/mol. The zero-order valence-electron chi connectivity index (χ0n) is 22.1. The molecule has 192 valence electrons. The predicted molar refractivity (Wildman–Crippen MR) is 155 cm³/mol. The number of anilines is 1. The summed E-state index contributed by atoms with van der Waals surface area (Å²) in [5, 5.41) is 3.14. The zero-order chi connectivity index (χ0) is 25.8. The third kappa shape index (κ3) is 6.35. The van der Waals surface area contributed by atoms with Crippen molar-refractivity contribution in [3.63, 3.8) is 0 Å². The fourth-order valence-electron chi connectivity index (χ4n) is 5.32. The number of aryl methyl sites for hydroxylation is 1. The average Bonchev–Trinajstić information content (AvgIpc) is 3.13. The second-order valence-corrected chi connectivity index (χ2v) is 12.0. The third-order valence-electron chi connectivity index (χ3n) is 7.63. The van der Waals surface area contributed by atoms with Crippen molar-refractivity contribution in [2.24, 2.45) is 0 Å². The van der Waals surface area contributed by atoms with E-state index in [4.69, 9.17) is 4.74 Å². The Morgan fingerprint density at radius 2 is 1.68 bits per heavy atom. The number of benzene rings is 3. The summed E-state index contributed by atoms with van der Waals surface area (Å²) in [6.07, 6.45) is 5.05. The summed E-state index contributed by atoms with van der Waals surface area (Å²) in [4.78, 5) is 14.5. The maximum atomic E-state index is 13.2. The van der Waals surface area contributed by atoms with Crippen LogP contribution in [-0.2, 0) is 16.1 Å². The van der Waals surface area contributed by atoms with Gasteiger partial charge in [0.25, 0.3) is 5.91 Å². The molecule has 4 nitrogen and oxygen atoms in total. The lowest BCUT2D eigenvalue weighted by atomic mass is 10.0. The Morgan fingerprint density at radius 1 is 0.973 bits per heavy atom. The summed E-state index contributed by atoms with van der Waals surface area (Å²) in [6.45, 7) is 4.81. The minimum Gasteiger partial charge on any atom is -0.381 e. The minimum absolute atomic E-state index is 0.0137. The second kappa shape index (κ2) is 11.3. The number of thioether (sulfide) groups is 1. The van der Waals surface area contributed by atoms with Gasteiger partial charge in [-0.15, -0.1) is 11.8 Å². The molecule has 0 spiro atoms. The zero-order valence-corrected chi connectivity index (χ0v) is 22.9. The van der Waals surface area contributed by atoms with Gasteiger partial charge in [-0.25, -0.2) is 0 Å². The third-order valence-corrected chi connectivity index (χ3v) is 8.72. The highest BCUT2D eigenvalue weighted by molar-refractivity contribution is 7.99. The fraction of sp³-hybridized carbons (Fsp3) is 0.344. The number of amides is 1. The van der Waals surface area contributed by atoms with Crippen LogP contribution in [0, 0.1) is 6.92 Å². The van der Waals surface area contributed by atoms with Crippen molar-refractivity contribution >= 4 is 29.4 Å². The number of nitrogens with one attached hydrogen (secondary N) is 1. The summed E-state index contributed by atoms with van der Waals surface area (Å²) in [7, 11) is 4.62. The maximum absolute atomic E-state index is 13.2. The van der Waals surface area contributed by atoms with Gasteiger partial charge in [0.1, 0.15) is 6.54 Å². The van der Waals surface area contributed by atoms with Crippen LogP contribution in [0.5, 0.6) is 0 Å². The minimum atomic E-state index is -0.0137. The molecule has 0 aliphatic carbocycles. The second-order valence-electron chi connectivity index (χ2n) is 10.8. The predicted octanol–water partition coefficient (Wildman–Crippen LogP) is 6.94. The van der Waals surface area contributed by atoms with Crippen molar-refractivity contribution < 1.29 is 14.0 Å². The van der Waals surface area contributed by atoms with Gasteiger partial charge in [0.05, 0.1) is 33.4 Å². The van der Waals surface area contributed by atoms with Gasteiger partial charge in [0, 0.05) is 40.3 Å². The highest BCUT2D eigenvalue weighted by atomic mass is 32.2. The molecule has 2 aliphatic heterocycles. The van der Waals surface area contributed by atoms with E-state index in [0.29, 0.717) is 6.04 Å². The Hall–Kier alpha value is -2.86. The number of fused-ring (bicyclic) bond motifs is 1. The van der Waals surface area contributed by atoms with Crippen molar-refractivity contribution in [2.45, 2.75) is 43.7 Å².